The highest BCUT2D eigenvalue weighted by atomic mass is 16.5. The second kappa shape index (κ2) is 8.70. The number of ether oxygens (including phenoxy) is 2. The average molecular weight is 389 g/mol. The van der Waals surface area contributed by atoms with Crippen molar-refractivity contribution in [3.8, 4) is 5.75 Å². The predicted octanol–water partition coefficient (Wildman–Crippen LogP) is -0.704. The van der Waals surface area contributed by atoms with Gasteiger partial charge < -0.3 is 19.7 Å². The highest BCUT2D eigenvalue weighted by Gasteiger charge is 2.36. The number of nitrogens with one attached hydrogen (secondary N) is 2. The Morgan fingerprint density at radius 1 is 1.29 bits per heavy atom. The lowest BCUT2D eigenvalue weighted by Gasteiger charge is -2.34. The van der Waals surface area contributed by atoms with Crippen molar-refractivity contribution in [1.29, 1.82) is 0 Å². The van der Waals surface area contributed by atoms with Crippen LogP contribution in [-0.4, -0.2) is 64.9 Å². The molecule has 1 unspecified atom stereocenters. The van der Waals surface area contributed by atoms with Crippen molar-refractivity contribution in [2.45, 2.75) is 25.6 Å². The maximum atomic E-state index is 12.9. The number of fused-ring (bicyclic) bond motifs is 1. The van der Waals surface area contributed by atoms with E-state index in [4.69, 9.17) is 9.47 Å². The number of methoxy groups -OCH3 is 2. The molecule has 3 rings (SSSR count). The van der Waals surface area contributed by atoms with Crippen molar-refractivity contribution in [2.24, 2.45) is 0 Å². The summed E-state index contributed by atoms with van der Waals surface area (Å²) in [5.41, 5.74) is 0.404. The molecule has 2 aromatic rings. The summed E-state index contributed by atoms with van der Waals surface area (Å²) in [7, 11) is 3.11. The van der Waals surface area contributed by atoms with E-state index in [0.29, 0.717) is 24.7 Å². The third kappa shape index (κ3) is 4.22. The molecule has 10 heteroatoms. The van der Waals surface area contributed by atoms with E-state index in [2.05, 4.69) is 15.5 Å². The van der Waals surface area contributed by atoms with Gasteiger partial charge in [-0.2, -0.15) is 5.10 Å². The summed E-state index contributed by atoms with van der Waals surface area (Å²) in [6.45, 7) is 0.808. The highest BCUT2D eigenvalue weighted by Crippen LogP contribution is 2.18. The van der Waals surface area contributed by atoms with Crippen molar-refractivity contribution in [2.75, 3.05) is 27.4 Å². The van der Waals surface area contributed by atoms with Gasteiger partial charge in [0.2, 0.25) is 11.8 Å². The van der Waals surface area contributed by atoms with Crippen LogP contribution in [0.1, 0.15) is 11.4 Å². The zero-order valence-corrected chi connectivity index (χ0v) is 15.8. The lowest BCUT2D eigenvalue weighted by atomic mass is 10.1. The molecular weight excluding hydrogens is 366 g/mol. The Morgan fingerprint density at radius 2 is 2.04 bits per heavy atom. The molecule has 0 saturated carbocycles. The molecule has 1 aromatic carbocycles. The molecule has 0 spiro atoms. The van der Waals surface area contributed by atoms with Gasteiger partial charge in [-0.15, -0.1) is 0 Å². The largest absolute Gasteiger partial charge is 0.497 e. The fourth-order valence-electron chi connectivity index (χ4n) is 3.09. The van der Waals surface area contributed by atoms with E-state index in [-0.39, 0.29) is 31.3 Å². The Hall–Kier alpha value is -3.14. The van der Waals surface area contributed by atoms with E-state index in [1.165, 1.54) is 16.6 Å². The molecule has 10 nitrogen and oxygen atoms in total. The number of amides is 2. The second-order valence-corrected chi connectivity index (χ2v) is 6.40. The summed E-state index contributed by atoms with van der Waals surface area (Å²) in [4.78, 5) is 39.0. The number of benzene rings is 1. The molecule has 2 heterocycles. The quantitative estimate of drug-likeness (QED) is 0.605. The molecule has 0 bridgehead atoms. The maximum absolute atomic E-state index is 12.9. The Morgan fingerprint density at radius 3 is 2.71 bits per heavy atom. The van der Waals surface area contributed by atoms with Crippen molar-refractivity contribution in [3.63, 3.8) is 0 Å². The summed E-state index contributed by atoms with van der Waals surface area (Å²) in [6, 6.07) is 6.36. The van der Waals surface area contributed by atoms with Crippen molar-refractivity contribution in [3.05, 3.63) is 46.1 Å². The highest BCUT2D eigenvalue weighted by molar-refractivity contribution is 5.88. The standard InChI is InChI=1S/C18H23N5O5/c1-27-8-7-19-17(25)14-10-23-15(20-21-18(23)26)11-22(14)16(24)9-12-3-5-13(28-2)6-4-12/h3-6,14H,7-11H2,1-2H3,(H,19,25)(H,21,26). The van der Waals surface area contributed by atoms with Crippen LogP contribution in [0.2, 0.25) is 0 Å². The smallest absolute Gasteiger partial charge is 0.343 e. The number of hydrogen-bond acceptors (Lipinski definition) is 6. The minimum Gasteiger partial charge on any atom is -0.497 e. The molecule has 2 N–H and O–H groups in total. The fourth-order valence-corrected chi connectivity index (χ4v) is 3.09. The van der Waals surface area contributed by atoms with Gasteiger partial charge in [-0.3, -0.25) is 14.2 Å². The molecule has 0 aliphatic carbocycles. The monoisotopic (exact) mass is 389 g/mol. The van der Waals surface area contributed by atoms with Gasteiger partial charge in [0.1, 0.15) is 11.8 Å². The van der Waals surface area contributed by atoms with Crippen LogP contribution in [0.5, 0.6) is 5.75 Å². The molecule has 1 atom stereocenters. The number of carbonyl (C=O) groups excluding carboxylic acids is 2. The molecule has 0 radical (unpaired) electrons. The summed E-state index contributed by atoms with van der Waals surface area (Å²) in [6.07, 6.45) is 0.125. The van der Waals surface area contributed by atoms with E-state index in [0.717, 1.165) is 5.56 Å². The lowest BCUT2D eigenvalue weighted by Crippen LogP contribution is -2.55. The SMILES string of the molecule is COCCNC(=O)C1Cn2c(n[nH]c2=O)CN1C(=O)Cc1ccc(OC)cc1. The first-order valence-electron chi connectivity index (χ1n) is 8.86. The number of nitrogens with zero attached hydrogens (tertiary/aromatic N) is 3. The fraction of sp³-hybridized carbons (Fsp3) is 0.444. The molecule has 2 amide bonds. The summed E-state index contributed by atoms with van der Waals surface area (Å²) in [5.74, 6) is 0.566. The van der Waals surface area contributed by atoms with Crippen LogP contribution in [0.4, 0.5) is 0 Å². The van der Waals surface area contributed by atoms with Crippen LogP contribution in [0, 0.1) is 0 Å². The van der Waals surface area contributed by atoms with Crippen molar-refractivity contribution in [1.82, 2.24) is 25.0 Å². The van der Waals surface area contributed by atoms with Gasteiger partial charge in [-0.1, -0.05) is 12.1 Å². The molecule has 1 aliphatic heterocycles. The van der Waals surface area contributed by atoms with E-state index >= 15 is 0 Å². The zero-order valence-electron chi connectivity index (χ0n) is 15.8. The number of rotatable bonds is 7. The Labute approximate surface area is 161 Å². The maximum Gasteiger partial charge on any atom is 0.343 e. The molecule has 1 aromatic heterocycles. The van der Waals surface area contributed by atoms with Gasteiger partial charge in [0.25, 0.3) is 0 Å². The lowest BCUT2D eigenvalue weighted by molar-refractivity contribution is -0.142. The first kappa shape index (κ1) is 19.6. The summed E-state index contributed by atoms with van der Waals surface area (Å²) >= 11 is 0. The molecule has 1 aliphatic rings. The first-order chi connectivity index (χ1) is 13.5. The van der Waals surface area contributed by atoms with Crippen LogP contribution in [0.25, 0.3) is 0 Å². The minimum absolute atomic E-state index is 0.0534. The number of aromatic nitrogens is 3. The number of hydrogen-bond donors (Lipinski definition) is 2. The zero-order chi connectivity index (χ0) is 20.1. The molecular formula is C18H23N5O5. The minimum atomic E-state index is -0.801. The second-order valence-electron chi connectivity index (χ2n) is 6.40. The molecule has 0 fully saturated rings. The van der Waals surface area contributed by atoms with Crippen LogP contribution >= 0.6 is 0 Å². The molecule has 150 valence electrons. The summed E-state index contributed by atoms with van der Waals surface area (Å²) in [5, 5.41) is 9.06. The number of aromatic amines is 1. The third-order valence-corrected chi connectivity index (χ3v) is 4.62. The van der Waals surface area contributed by atoms with Crippen molar-refractivity contribution >= 4 is 11.8 Å². The number of carbonyl (C=O) groups is 2. The van der Waals surface area contributed by atoms with Gasteiger partial charge >= 0.3 is 5.69 Å². The molecule has 0 saturated heterocycles. The summed E-state index contributed by atoms with van der Waals surface area (Å²) < 4.78 is 11.5. The van der Waals surface area contributed by atoms with Crippen LogP contribution in [-0.2, 0) is 33.8 Å². The predicted molar refractivity (Wildman–Crippen MR) is 98.8 cm³/mol. The van der Waals surface area contributed by atoms with E-state index in [1.807, 2.05) is 0 Å². The Kier molecular flexibility index (Phi) is 6.09. The van der Waals surface area contributed by atoms with Crippen LogP contribution in [0.15, 0.2) is 29.1 Å². The van der Waals surface area contributed by atoms with Crippen LogP contribution in [0.3, 0.4) is 0 Å². The van der Waals surface area contributed by atoms with Gasteiger partial charge in [-0.05, 0) is 17.7 Å². The van der Waals surface area contributed by atoms with Crippen molar-refractivity contribution < 1.29 is 19.1 Å². The van der Waals surface area contributed by atoms with Gasteiger partial charge in [0.15, 0.2) is 5.82 Å². The number of H-pyrrole nitrogens is 1. The van der Waals surface area contributed by atoms with Gasteiger partial charge in [0, 0.05) is 13.7 Å². The van der Waals surface area contributed by atoms with Gasteiger partial charge in [0.05, 0.1) is 33.2 Å². The first-order valence-corrected chi connectivity index (χ1v) is 8.86. The Balaban J connectivity index is 1.78. The Bertz CT molecular complexity index is 889. The topological polar surface area (TPSA) is 119 Å². The van der Waals surface area contributed by atoms with E-state index in [1.54, 1.807) is 31.4 Å². The third-order valence-electron chi connectivity index (χ3n) is 4.62. The van der Waals surface area contributed by atoms with Gasteiger partial charge in [-0.25, -0.2) is 9.89 Å². The molecule has 28 heavy (non-hydrogen) atoms. The average Bonchev–Trinajstić information content (AvgIpc) is 3.07. The normalized spacial score (nSPS) is 15.8. The van der Waals surface area contributed by atoms with E-state index < -0.39 is 11.7 Å². The van der Waals surface area contributed by atoms with Crippen LogP contribution < -0.4 is 15.7 Å². The van der Waals surface area contributed by atoms with E-state index in [9.17, 15) is 14.4 Å².